The lowest BCUT2D eigenvalue weighted by Gasteiger charge is -2.29. The number of carbonyl (C=O) groups excluding carboxylic acids is 1. The van der Waals surface area contributed by atoms with Gasteiger partial charge in [-0.1, -0.05) is 29.8 Å². The Bertz CT molecular complexity index is 818. The zero-order chi connectivity index (χ0) is 19.5. The van der Waals surface area contributed by atoms with Crippen molar-refractivity contribution in [3.63, 3.8) is 0 Å². The molecular formula is C21H28N4O3. The topological polar surface area (TPSA) is 70.8 Å². The fourth-order valence-corrected chi connectivity index (χ4v) is 3.71. The summed E-state index contributed by atoms with van der Waals surface area (Å²) in [4.78, 5) is 21.4. The number of nitrogens with zero attached hydrogens (tertiary/aromatic N) is 3. The van der Waals surface area contributed by atoms with Gasteiger partial charge in [0.25, 0.3) is 5.89 Å². The first-order chi connectivity index (χ1) is 13.6. The molecule has 2 aromatic rings. The van der Waals surface area contributed by atoms with E-state index in [0.29, 0.717) is 19.7 Å². The number of oxazole rings is 1. The predicted molar refractivity (Wildman–Crippen MR) is 105 cm³/mol. The van der Waals surface area contributed by atoms with Crippen LogP contribution in [0.2, 0.25) is 0 Å². The standard InChI is InChI=1S/C21H28N4O3/c1-15-3-5-16(6-4-15)12-25-8-7-19-18(14-25)23-21(28-19)20(26)22-11-17-13-24(2)9-10-27-17/h3-6,17H,7-14H2,1-2H3,(H,22,26). The Kier molecular flexibility index (Phi) is 5.75. The van der Waals surface area contributed by atoms with Gasteiger partial charge in [0.05, 0.1) is 18.4 Å². The molecule has 1 aromatic heterocycles. The van der Waals surface area contributed by atoms with E-state index in [1.165, 1.54) is 11.1 Å². The number of amides is 1. The summed E-state index contributed by atoms with van der Waals surface area (Å²) in [5.41, 5.74) is 3.42. The SMILES string of the molecule is Cc1ccc(CN2CCc3oc(C(=O)NCC4CN(C)CCO4)nc3C2)cc1. The van der Waals surface area contributed by atoms with E-state index in [9.17, 15) is 4.79 Å². The molecule has 28 heavy (non-hydrogen) atoms. The monoisotopic (exact) mass is 384 g/mol. The van der Waals surface area contributed by atoms with E-state index < -0.39 is 0 Å². The number of hydrogen-bond acceptors (Lipinski definition) is 6. The molecular weight excluding hydrogens is 356 g/mol. The zero-order valence-electron chi connectivity index (χ0n) is 16.6. The minimum Gasteiger partial charge on any atom is -0.437 e. The van der Waals surface area contributed by atoms with Gasteiger partial charge in [-0.15, -0.1) is 0 Å². The Morgan fingerprint density at radius 1 is 1.29 bits per heavy atom. The molecule has 4 rings (SSSR count). The molecule has 150 valence electrons. The summed E-state index contributed by atoms with van der Waals surface area (Å²) in [6.07, 6.45) is 0.787. The lowest BCUT2D eigenvalue weighted by molar-refractivity contribution is -0.0176. The molecule has 0 aliphatic carbocycles. The number of nitrogens with one attached hydrogen (secondary N) is 1. The van der Waals surface area contributed by atoms with Crippen LogP contribution < -0.4 is 5.32 Å². The van der Waals surface area contributed by atoms with Crippen molar-refractivity contribution in [2.45, 2.75) is 32.5 Å². The number of aryl methyl sites for hydroxylation is 1. The second-order valence-corrected chi connectivity index (χ2v) is 7.80. The molecule has 0 spiro atoms. The molecule has 2 aliphatic heterocycles. The van der Waals surface area contributed by atoms with Gasteiger partial charge in [0.1, 0.15) is 5.76 Å². The van der Waals surface area contributed by atoms with Crippen molar-refractivity contribution in [3.8, 4) is 0 Å². The summed E-state index contributed by atoms with van der Waals surface area (Å²) >= 11 is 0. The molecule has 0 bridgehead atoms. The maximum Gasteiger partial charge on any atom is 0.307 e. The minimum atomic E-state index is -0.267. The summed E-state index contributed by atoms with van der Waals surface area (Å²) in [5.74, 6) is 0.724. The molecule has 1 saturated heterocycles. The first-order valence-electron chi connectivity index (χ1n) is 9.91. The van der Waals surface area contributed by atoms with Gasteiger partial charge in [-0.25, -0.2) is 4.98 Å². The third-order valence-electron chi connectivity index (χ3n) is 5.36. The van der Waals surface area contributed by atoms with Crippen LogP contribution in [-0.4, -0.2) is 66.6 Å². The molecule has 7 nitrogen and oxygen atoms in total. The van der Waals surface area contributed by atoms with Crippen LogP contribution in [0, 0.1) is 6.92 Å². The van der Waals surface area contributed by atoms with E-state index in [1.807, 2.05) is 0 Å². The van der Waals surface area contributed by atoms with Crippen LogP contribution in [0.1, 0.15) is 33.3 Å². The summed E-state index contributed by atoms with van der Waals surface area (Å²) in [6.45, 7) is 7.48. The number of likely N-dealkylation sites (N-methyl/N-ethyl adjacent to an activating group) is 1. The van der Waals surface area contributed by atoms with Crippen molar-refractivity contribution >= 4 is 5.91 Å². The number of morpholine rings is 1. The van der Waals surface area contributed by atoms with E-state index in [2.05, 4.69) is 58.3 Å². The van der Waals surface area contributed by atoms with Gasteiger partial charge >= 0.3 is 5.91 Å². The van der Waals surface area contributed by atoms with Gasteiger partial charge in [-0.3, -0.25) is 9.69 Å². The number of fused-ring (bicyclic) bond motifs is 1. The number of carbonyl (C=O) groups is 1. The summed E-state index contributed by atoms with van der Waals surface area (Å²) in [7, 11) is 2.06. The summed E-state index contributed by atoms with van der Waals surface area (Å²) in [6, 6.07) is 8.60. The lowest BCUT2D eigenvalue weighted by Crippen LogP contribution is -2.45. The molecule has 1 N–H and O–H groups in total. The predicted octanol–water partition coefficient (Wildman–Crippen LogP) is 1.60. The van der Waals surface area contributed by atoms with Crippen LogP contribution in [0.4, 0.5) is 0 Å². The number of ether oxygens (including phenoxy) is 1. The van der Waals surface area contributed by atoms with Gasteiger partial charge < -0.3 is 19.4 Å². The first-order valence-corrected chi connectivity index (χ1v) is 9.91. The van der Waals surface area contributed by atoms with Gasteiger partial charge in [0.15, 0.2) is 0 Å². The van der Waals surface area contributed by atoms with Crippen LogP contribution in [0.15, 0.2) is 28.7 Å². The van der Waals surface area contributed by atoms with Crippen molar-refractivity contribution < 1.29 is 13.9 Å². The Balaban J connectivity index is 1.32. The van der Waals surface area contributed by atoms with E-state index >= 15 is 0 Å². The molecule has 0 radical (unpaired) electrons. The highest BCUT2D eigenvalue weighted by atomic mass is 16.5. The molecule has 1 atom stereocenters. The fourth-order valence-electron chi connectivity index (χ4n) is 3.71. The second-order valence-electron chi connectivity index (χ2n) is 7.80. The molecule has 7 heteroatoms. The number of aromatic nitrogens is 1. The fraction of sp³-hybridized carbons (Fsp3) is 0.524. The highest BCUT2D eigenvalue weighted by Gasteiger charge is 2.26. The number of rotatable bonds is 5. The number of hydrogen-bond donors (Lipinski definition) is 1. The highest BCUT2D eigenvalue weighted by molar-refractivity contribution is 5.89. The first kappa shape index (κ1) is 19.1. The summed E-state index contributed by atoms with van der Waals surface area (Å²) in [5, 5.41) is 2.89. The van der Waals surface area contributed by atoms with Gasteiger partial charge in [0.2, 0.25) is 0 Å². The largest absolute Gasteiger partial charge is 0.437 e. The van der Waals surface area contributed by atoms with Crippen LogP contribution in [0.25, 0.3) is 0 Å². The van der Waals surface area contributed by atoms with Gasteiger partial charge in [-0.05, 0) is 19.5 Å². The number of benzene rings is 1. The van der Waals surface area contributed by atoms with Crippen LogP contribution in [0.5, 0.6) is 0 Å². The van der Waals surface area contributed by atoms with Crippen LogP contribution in [-0.2, 0) is 24.2 Å². The van der Waals surface area contributed by atoms with Crippen molar-refractivity contribution in [1.82, 2.24) is 20.1 Å². The minimum absolute atomic E-state index is 0.0114. The maximum absolute atomic E-state index is 12.4. The molecule has 1 aromatic carbocycles. The highest BCUT2D eigenvalue weighted by Crippen LogP contribution is 2.21. The summed E-state index contributed by atoms with van der Waals surface area (Å²) < 4.78 is 11.4. The average molecular weight is 384 g/mol. The third kappa shape index (κ3) is 4.60. The molecule has 1 unspecified atom stereocenters. The molecule has 1 fully saturated rings. The quantitative estimate of drug-likeness (QED) is 0.844. The van der Waals surface area contributed by atoms with E-state index in [1.54, 1.807) is 0 Å². The lowest BCUT2D eigenvalue weighted by atomic mass is 10.1. The molecule has 0 saturated carbocycles. The smallest absolute Gasteiger partial charge is 0.307 e. The molecule has 1 amide bonds. The van der Waals surface area contributed by atoms with Gasteiger partial charge in [0, 0.05) is 45.7 Å². The average Bonchev–Trinajstić information content (AvgIpc) is 3.11. The molecule has 3 heterocycles. The normalized spacial score (nSPS) is 20.7. The van der Waals surface area contributed by atoms with Crippen molar-refractivity contribution in [2.24, 2.45) is 0 Å². The van der Waals surface area contributed by atoms with Crippen molar-refractivity contribution in [1.29, 1.82) is 0 Å². The van der Waals surface area contributed by atoms with E-state index in [4.69, 9.17) is 9.15 Å². The van der Waals surface area contributed by atoms with Crippen LogP contribution >= 0.6 is 0 Å². The Labute approximate surface area is 165 Å². The third-order valence-corrected chi connectivity index (χ3v) is 5.36. The van der Waals surface area contributed by atoms with E-state index in [-0.39, 0.29) is 17.9 Å². The van der Waals surface area contributed by atoms with Gasteiger partial charge in [-0.2, -0.15) is 0 Å². The maximum atomic E-state index is 12.4. The van der Waals surface area contributed by atoms with E-state index in [0.717, 1.165) is 44.1 Å². The van der Waals surface area contributed by atoms with Crippen molar-refractivity contribution in [2.75, 3.05) is 39.8 Å². The Morgan fingerprint density at radius 3 is 2.89 bits per heavy atom. The molecule has 2 aliphatic rings. The van der Waals surface area contributed by atoms with Crippen molar-refractivity contribution in [3.05, 3.63) is 52.7 Å². The Hall–Kier alpha value is -2.22. The second kappa shape index (κ2) is 8.43. The Morgan fingerprint density at radius 2 is 2.11 bits per heavy atom. The zero-order valence-corrected chi connectivity index (χ0v) is 16.6. The van der Waals surface area contributed by atoms with Crippen LogP contribution in [0.3, 0.4) is 0 Å².